The first-order chi connectivity index (χ1) is 25.7. The molecule has 0 saturated heterocycles. The molecule has 1 atom stereocenters. The molecule has 1 amide bonds. The van der Waals surface area contributed by atoms with Gasteiger partial charge in [0.1, 0.15) is 22.6 Å². The summed E-state index contributed by atoms with van der Waals surface area (Å²) in [5.41, 5.74) is 0.693. The fourth-order valence-electron chi connectivity index (χ4n) is 7.03. The number of cyclic esters (lactones) is 1. The van der Waals surface area contributed by atoms with Crippen molar-refractivity contribution in [3.05, 3.63) is 125 Å². The van der Waals surface area contributed by atoms with E-state index in [1.54, 1.807) is 30.3 Å². The fraction of sp³-hybridized carbons (Fsp3) is 0.200. The largest absolute Gasteiger partial charge is 0.497 e. The summed E-state index contributed by atoms with van der Waals surface area (Å²) in [6.45, 7) is -0.177. The van der Waals surface area contributed by atoms with Gasteiger partial charge in [-0.1, -0.05) is 48.5 Å². The van der Waals surface area contributed by atoms with Crippen molar-refractivity contribution in [2.45, 2.75) is 18.6 Å². The average Bonchev–Trinajstić information content (AvgIpc) is 3.75. The van der Waals surface area contributed by atoms with Gasteiger partial charge in [0.2, 0.25) is 11.5 Å². The number of hydrogen-bond acceptors (Lipinski definition) is 10. The Kier molecular flexibility index (Phi) is 9.58. The van der Waals surface area contributed by atoms with Crippen LogP contribution in [0.2, 0.25) is 0 Å². The van der Waals surface area contributed by atoms with Crippen LogP contribution in [0.15, 0.2) is 96.6 Å². The van der Waals surface area contributed by atoms with Crippen LogP contribution >= 0.6 is 11.7 Å². The number of rotatable bonds is 12. The van der Waals surface area contributed by atoms with Crippen molar-refractivity contribution in [1.82, 2.24) is 13.6 Å². The third-order valence-corrected chi connectivity index (χ3v) is 10.00. The van der Waals surface area contributed by atoms with E-state index in [9.17, 15) is 14.7 Å². The fourth-order valence-corrected chi connectivity index (χ4v) is 7.55. The maximum Gasteiger partial charge on any atom is 0.410 e. The summed E-state index contributed by atoms with van der Waals surface area (Å²) < 4.78 is 53.7. The lowest BCUT2D eigenvalue weighted by atomic mass is 9.84. The van der Waals surface area contributed by atoms with E-state index < -0.39 is 23.6 Å². The van der Waals surface area contributed by atoms with Gasteiger partial charge in [0.05, 0.1) is 51.3 Å². The first kappa shape index (κ1) is 35.2. The molecular formula is C40H34FN3O8S. The Morgan fingerprint density at radius 3 is 2.30 bits per heavy atom. The van der Waals surface area contributed by atoms with Gasteiger partial charge >= 0.3 is 12.1 Å². The Morgan fingerprint density at radius 2 is 1.60 bits per heavy atom. The van der Waals surface area contributed by atoms with E-state index in [-0.39, 0.29) is 41.8 Å². The number of amides is 1. The molecule has 6 aromatic rings. The number of aromatic nitrogens is 2. The Labute approximate surface area is 308 Å². The van der Waals surface area contributed by atoms with E-state index in [2.05, 4.69) is 8.75 Å². The van der Waals surface area contributed by atoms with Crippen LogP contribution in [0.4, 0.5) is 9.18 Å². The third kappa shape index (κ3) is 6.22. The zero-order chi connectivity index (χ0) is 37.3. The summed E-state index contributed by atoms with van der Waals surface area (Å²) in [5.74, 6) is -0.492. The smallest absolute Gasteiger partial charge is 0.410 e. The maximum atomic E-state index is 16.6. The molecular weight excluding hydrogens is 702 g/mol. The number of halogens is 1. The number of benzene rings is 5. The number of hydrogen-bond donors (Lipinski definition) is 1. The van der Waals surface area contributed by atoms with Crippen molar-refractivity contribution in [2.24, 2.45) is 0 Å². The van der Waals surface area contributed by atoms with Crippen LogP contribution in [0.5, 0.6) is 23.0 Å². The molecule has 0 bridgehead atoms. The summed E-state index contributed by atoms with van der Waals surface area (Å²) in [6.07, 6.45) is -1.32. The number of carboxylic acid groups (broad SMARTS) is 1. The van der Waals surface area contributed by atoms with Crippen molar-refractivity contribution in [1.29, 1.82) is 0 Å². The molecule has 5 aromatic carbocycles. The van der Waals surface area contributed by atoms with Crippen molar-refractivity contribution in [2.75, 3.05) is 35.0 Å². The Bertz CT molecular complexity index is 2380. The van der Waals surface area contributed by atoms with Gasteiger partial charge in [0.15, 0.2) is 11.5 Å². The molecule has 13 heteroatoms. The molecule has 270 valence electrons. The van der Waals surface area contributed by atoms with Gasteiger partial charge < -0.3 is 28.8 Å². The summed E-state index contributed by atoms with van der Waals surface area (Å²) in [6, 6.07) is 26.1. The van der Waals surface area contributed by atoms with E-state index in [0.29, 0.717) is 39.4 Å². The number of fused-ring (bicyclic) bond motifs is 2. The Balaban J connectivity index is 1.50. The molecule has 1 N–H and O–H groups in total. The van der Waals surface area contributed by atoms with Gasteiger partial charge in [-0.15, -0.1) is 0 Å². The quantitative estimate of drug-likeness (QED) is 0.125. The molecule has 1 aromatic heterocycles. The van der Waals surface area contributed by atoms with Crippen molar-refractivity contribution in [3.8, 4) is 23.0 Å². The average molecular weight is 736 g/mol. The third-order valence-electron chi connectivity index (χ3n) is 9.44. The van der Waals surface area contributed by atoms with Crippen LogP contribution in [0, 0.1) is 5.82 Å². The number of nitrogens with zero attached hydrogens (tertiary/aromatic N) is 3. The van der Waals surface area contributed by atoms with Crippen LogP contribution in [-0.2, 0) is 28.1 Å². The Morgan fingerprint density at radius 1 is 0.868 bits per heavy atom. The standard InChI is InChI=1S/C40H34FN3O8S/c1-48-27-13-14-29(31(41)22-27)40(44(39(46)47)17-16-25-10-7-9-24-8-5-6-11-28(24)25)30(18-23-19-34(49-2)37(51-4)35(20-23)50-3)36(38(45)52-40)26-12-15-32-33(21-26)43-53-42-32/h5-15,19-22H,16-18H2,1-4H3,(H,46,47). The molecule has 1 unspecified atom stereocenters. The number of esters is 1. The summed E-state index contributed by atoms with van der Waals surface area (Å²) >= 11 is 1.02. The second-order valence-electron chi connectivity index (χ2n) is 12.2. The van der Waals surface area contributed by atoms with E-state index in [0.717, 1.165) is 39.0 Å². The molecule has 53 heavy (non-hydrogen) atoms. The van der Waals surface area contributed by atoms with Crippen molar-refractivity contribution < 1.29 is 42.8 Å². The number of ether oxygens (including phenoxy) is 5. The highest BCUT2D eigenvalue weighted by atomic mass is 32.1. The van der Waals surface area contributed by atoms with E-state index in [1.807, 2.05) is 42.5 Å². The molecule has 0 radical (unpaired) electrons. The minimum absolute atomic E-state index is 0.0558. The number of carbonyl (C=O) groups excluding carboxylic acids is 1. The lowest BCUT2D eigenvalue weighted by Gasteiger charge is -2.40. The highest BCUT2D eigenvalue weighted by molar-refractivity contribution is 7.00. The second-order valence-corrected chi connectivity index (χ2v) is 12.8. The summed E-state index contributed by atoms with van der Waals surface area (Å²) in [5, 5.41) is 13.0. The van der Waals surface area contributed by atoms with E-state index in [4.69, 9.17) is 23.7 Å². The topological polar surface area (TPSA) is 130 Å². The minimum Gasteiger partial charge on any atom is -0.497 e. The number of carbonyl (C=O) groups is 2. The maximum absolute atomic E-state index is 16.6. The first-order valence-corrected chi connectivity index (χ1v) is 17.2. The predicted octanol–water partition coefficient (Wildman–Crippen LogP) is 7.65. The zero-order valence-corrected chi connectivity index (χ0v) is 30.0. The van der Waals surface area contributed by atoms with Crippen LogP contribution in [0.3, 0.4) is 0 Å². The molecule has 2 heterocycles. The van der Waals surface area contributed by atoms with Gasteiger partial charge in [0.25, 0.3) is 0 Å². The van der Waals surface area contributed by atoms with Gasteiger partial charge in [0, 0.05) is 24.6 Å². The van der Waals surface area contributed by atoms with Gasteiger partial charge in [-0.05, 0) is 70.3 Å². The SMILES string of the molecule is COc1ccc(C2(N(CCc3cccc4ccccc34)C(=O)O)OC(=O)C(c3ccc4nsnc4c3)=C2Cc2cc(OC)c(OC)c(OC)c2)c(F)c1. The zero-order valence-electron chi connectivity index (χ0n) is 29.2. The Hall–Kier alpha value is -6.21. The van der Waals surface area contributed by atoms with Crippen molar-refractivity contribution in [3.63, 3.8) is 0 Å². The lowest BCUT2D eigenvalue weighted by Crippen LogP contribution is -2.52. The highest BCUT2D eigenvalue weighted by Crippen LogP contribution is 2.51. The van der Waals surface area contributed by atoms with Gasteiger partial charge in [-0.3, -0.25) is 4.90 Å². The number of methoxy groups -OCH3 is 4. The first-order valence-electron chi connectivity index (χ1n) is 16.5. The van der Waals surface area contributed by atoms with E-state index >= 15 is 4.39 Å². The van der Waals surface area contributed by atoms with E-state index in [1.165, 1.54) is 40.6 Å². The molecule has 7 rings (SSSR count). The molecule has 0 spiro atoms. The molecule has 1 aliphatic heterocycles. The molecule has 0 fully saturated rings. The summed E-state index contributed by atoms with van der Waals surface area (Å²) in [4.78, 5) is 29.1. The summed E-state index contributed by atoms with van der Waals surface area (Å²) in [7, 11) is 5.82. The van der Waals surface area contributed by atoms with Gasteiger partial charge in [-0.25, -0.2) is 14.0 Å². The van der Waals surface area contributed by atoms with Crippen LogP contribution in [0.25, 0.3) is 27.4 Å². The second kappa shape index (κ2) is 14.4. The van der Waals surface area contributed by atoms with Crippen LogP contribution in [-0.4, -0.2) is 65.8 Å². The van der Waals surface area contributed by atoms with Crippen molar-refractivity contribution >= 4 is 51.2 Å². The van der Waals surface area contributed by atoms with Gasteiger partial charge in [-0.2, -0.15) is 8.75 Å². The highest BCUT2D eigenvalue weighted by Gasteiger charge is 2.56. The monoisotopic (exact) mass is 735 g/mol. The molecule has 0 aliphatic carbocycles. The van der Waals surface area contributed by atoms with Crippen LogP contribution < -0.4 is 18.9 Å². The molecule has 1 aliphatic rings. The minimum atomic E-state index is -2.28. The molecule has 0 saturated carbocycles. The van der Waals surface area contributed by atoms with Crippen LogP contribution in [0.1, 0.15) is 22.3 Å². The predicted molar refractivity (Wildman–Crippen MR) is 197 cm³/mol. The molecule has 11 nitrogen and oxygen atoms in total. The normalized spacial score (nSPS) is 15.5. The lowest BCUT2D eigenvalue weighted by molar-refractivity contribution is -0.162.